The largest absolute Gasteiger partial charge is 0.313 e. The van der Waals surface area contributed by atoms with Gasteiger partial charge in [0.1, 0.15) is 12.4 Å². The van der Waals surface area contributed by atoms with Crippen molar-refractivity contribution in [1.82, 2.24) is 25.1 Å². The second kappa shape index (κ2) is 6.07. The maximum atomic E-state index is 8.71. The molecule has 2 heterocycles. The summed E-state index contributed by atoms with van der Waals surface area (Å²) >= 11 is 0. The number of nitrogens with one attached hydrogen (secondary N) is 1. The zero-order valence-electron chi connectivity index (χ0n) is 11.1. The summed E-state index contributed by atoms with van der Waals surface area (Å²) in [4.78, 5) is 8.26. The van der Waals surface area contributed by atoms with Crippen molar-refractivity contribution in [2.45, 2.75) is 26.8 Å². The summed E-state index contributed by atoms with van der Waals surface area (Å²) in [6.07, 6.45) is 4.43. The van der Waals surface area contributed by atoms with Crippen molar-refractivity contribution in [3.63, 3.8) is 0 Å². The molecule has 98 valence electrons. The first-order valence-electron chi connectivity index (χ1n) is 6.23. The number of nitrogens with zero attached hydrogens (tertiary/aromatic N) is 5. The molecule has 0 saturated heterocycles. The van der Waals surface area contributed by atoms with E-state index < -0.39 is 0 Å². The Balaban J connectivity index is 2.17. The van der Waals surface area contributed by atoms with E-state index in [1.165, 1.54) is 11.0 Å². The standard InChI is InChI=1S/C13H16N6/c1-3-4-15-7-11-5-10(2)13(16-8-11)19-9-17-12(6-14)18-19/h5,8-9,15H,3-4,7H2,1-2H3. The fourth-order valence-corrected chi connectivity index (χ4v) is 1.79. The highest BCUT2D eigenvalue weighted by Crippen LogP contribution is 2.11. The van der Waals surface area contributed by atoms with Crippen LogP contribution < -0.4 is 5.32 Å². The minimum atomic E-state index is 0.148. The van der Waals surface area contributed by atoms with Crippen molar-refractivity contribution in [3.8, 4) is 11.9 Å². The first kappa shape index (κ1) is 13.2. The molecule has 0 amide bonds. The molecule has 0 fully saturated rings. The van der Waals surface area contributed by atoms with Crippen molar-refractivity contribution >= 4 is 0 Å². The van der Waals surface area contributed by atoms with Gasteiger partial charge in [-0.3, -0.25) is 0 Å². The van der Waals surface area contributed by atoms with E-state index in [-0.39, 0.29) is 5.82 Å². The third kappa shape index (κ3) is 3.14. The molecule has 0 saturated carbocycles. The zero-order chi connectivity index (χ0) is 13.7. The predicted molar refractivity (Wildman–Crippen MR) is 70.6 cm³/mol. The fourth-order valence-electron chi connectivity index (χ4n) is 1.79. The summed E-state index contributed by atoms with van der Waals surface area (Å²) in [7, 11) is 0. The van der Waals surface area contributed by atoms with Gasteiger partial charge in [-0.2, -0.15) is 5.26 Å². The number of hydrogen-bond donors (Lipinski definition) is 1. The van der Waals surface area contributed by atoms with Crippen LogP contribution in [-0.4, -0.2) is 26.3 Å². The van der Waals surface area contributed by atoms with Gasteiger partial charge in [-0.15, -0.1) is 5.10 Å². The molecule has 0 aromatic carbocycles. The normalized spacial score (nSPS) is 10.4. The van der Waals surface area contributed by atoms with Crippen LogP contribution in [0.25, 0.3) is 5.82 Å². The number of aromatic nitrogens is 4. The summed E-state index contributed by atoms with van der Waals surface area (Å²) in [5.74, 6) is 0.850. The van der Waals surface area contributed by atoms with E-state index in [9.17, 15) is 0 Å². The van der Waals surface area contributed by atoms with Crippen molar-refractivity contribution in [3.05, 3.63) is 35.5 Å². The van der Waals surface area contributed by atoms with Gasteiger partial charge in [0, 0.05) is 12.7 Å². The van der Waals surface area contributed by atoms with Crippen molar-refractivity contribution < 1.29 is 0 Å². The van der Waals surface area contributed by atoms with Crippen molar-refractivity contribution in [1.29, 1.82) is 5.26 Å². The summed E-state index contributed by atoms with van der Waals surface area (Å²) in [6, 6.07) is 3.97. The lowest BCUT2D eigenvalue weighted by Gasteiger charge is -2.07. The van der Waals surface area contributed by atoms with Crippen LogP contribution in [0.4, 0.5) is 0 Å². The Bertz CT molecular complexity index is 595. The minimum absolute atomic E-state index is 0.148. The van der Waals surface area contributed by atoms with Gasteiger partial charge in [-0.1, -0.05) is 6.92 Å². The SMILES string of the molecule is CCCNCc1cnc(-n2cnc(C#N)n2)c(C)c1. The highest BCUT2D eigenvalue weighted by molar-refractivity contribution is 5.34. The highest BCUT2D eigenvalue weighted by atomic mass is 15.4. The number of rotatable bonds is 5. The van der Waals surface area contributed by atoms with Crippen LogP contribution in [0, 0.1) is 18.3 Å². The molecule has 0 aliphatic heterocycles. The Morgan fingerprint density at radius 3 is 2.89 bits per heavy atom. The molecular formula is C13H16N6. The topological polar surface area (TPSA) is 79.4 Å². The molecule has 19 heavy (non-hydrogen) atoms. The van der Waals surface area contributed by atoms with E-state index in [0.717, 1.165) is 30.6 Å². The van der Waals surface area contributed by atoms with E-state index >= 15 is 0 Å². The van der Waals surface area contributed by atoms with Gasteiger partial charge in [0.15, 0.2) is 5.82 Å². The lowest BCUT2D eigenvalue weighted by Crippen LogP contribution is -2.14. The average Bonchev–Trinajstić information content (AvgIpc) is 2.88. The quantitative estimate of drug-likeness (QED) is 0.817. The second-order valence-corrected chi connectivity index (χ2v) is 4.29. The molecule has 0 radical (unpaired) electrons. The Morgan fingerprint density at radius 1 is 1.42 bits per heavy atom. The van der Waals surface area contributed by atoms with Gasteiger partial charge in [0.2, 0.25) is 0 Å². The summed E-state index contributed by atoms with van der Waals surface area (Å²) in [5.41, 5.74) is 2.14. The molecule has 2 aromatic heterocycles. The Morgan fingerprint density at radius 2 is 2.26 bits per heavy atom. The van der Waals surface area contributed by atoms with E-state index in [1.807, 2.05) is 19.2 Å². The van der Waals surface area contributed by atoms with Crippen molar-refractivity contribution in [2.24, 2.45) is 0 Å². The average molecular weight is 256 g/mol. The Labute approximate surface area is 112 Å². The second-order valence-electron chi connectivity index (χ2n) is 4.29. The van der Waals surface area contributed by atoms with Gasteiger partial charge >= 0.3 is 0 Å². The van der Waals surface area contributed by atoms with Crippen LogP contribution in [0.3, 0.4) is 0 Å². The molecule has 0 unspecified atom stereocenters. The van der Waals surface area contributed by atoms with Crippen LogP contribution >= 0.6 is 0 Å². The van der Waals surface area contributed by atoms with Gasteiger partial charge in [0.25, 0.3) is 5.82 Å². The van der Waals surface area contributed by atoms with Gasteiger partial charge in [0.05, 0.1) is 0 Å². The third-order valence-electron chi connectivity index (χ3n) is 2.67. The number of pyridine rings is 1. The molecule has 0 atom stereocenters. The van der Waals surface area contributed by atoms with Gasteiger partial charge in [-0.25, -0.2) is 14.6 Å². The smallest absolute Gasteiger partial charge is 0.252 e. The molecule has 0 bridgehead atoms. The highest BCUT2D eigenvalue weighted by Gasteiger charge is 2.07. The monoisotopic (exact) mass is 256 g/mol. The van der Waals surface area contributed by atoms with Crippen LogP contribution in [0.15, 0.2) is 18.6 Å². The minimum Gasteiger partial charge on any atom is -0.313 e. The molecule has 2 rings (SSSR count). The predicted octanol–water partition coefficient (Wildman–Crippen LogP) is 1.34. The lowest BCUT2D eigenvalue weighted by molar-refractivity contribution is 0.672. The molecule has 6 heteroatoms. The molecule has 2 aromatic rings. The van der Waals surface area contributed by atoms with Crippen LogP contribution in [0.5, 0.6) is 0 Å². The summed E-state index contributed by atoms with van der Waals surface area (Å²) < 4.78 is 1.52. The lowest BCUT2D eigenvalue weighted by atomic mass is 10.2. The molecule has 0 aliphatic carbocycles. The van der Waals surface area contributed by atoms with Gasteiger partial charge in [-0.05, 0) is 37.1 Å². The molecule has 1 N–H and O–H groups in total. The van der Waals surface area contributed by atoms with E-state index in [2.05, 4.69) is 33.4 Å². The van der Waals surface area contributed by atoms with Gasteiger partial charge < -0.3 is 5.32 Å². The van der Waals surface area contributed by atoms with Crippen LogP contribution in [0.2, 0.25) is 0 Å². The number of aryl methyl sites for hydroxylation is 1. The molecule has 6 nitrogen and oxygen atoms in total. The Hall–Kier alpha value is -2.26. The van der Waals surface area contributed by atoms with Crippen molar-refractivity contribution in [2.75, 3.05) is 6.54 Å². The zero-order valence-corrected chi connectivity index (χ0v) is 11.1. The maximum Gasteiger partial charge on any atom is 0.252 e. The van der Waals surface area contributed by atoms with E-state index in [0.29, 0.717) is 5.82 Å². The first-order chi connectivity index (χ1) is 9.24. The Kier molecular flexibility index (Phi) is 4.21. The first-order valence-corrected chi connectivity index (χ1v) is 6.23. The van der Waals surface area contributed by atoms with E-state index in [1.54, 1.807) is 0 Å². The number of hydrogen-bond acceptors (Lipinski definition) is 5. The fraction of sp³-hybridized carbons (Fsp3) is 0.385. The summed E-state index contributed by atoms with van der Waals surface area (Å²) in [6.45, 7) is 5.91. The molecular weight excluding hydrogens is 240 g/mol. The maximum absolute atomic E-state index is 8.71. The molecule has 0 aliphatic rings. The third-order valence-corrected chi connectivity index (χ3v) is 2.67. The number of nitriles is 1. The molecule has 0 spiro atoms. The van der Waals surface area contributed by atoms with Crippen LogP contribution in [0.1, 0.15) is 30.3 Å². The van der Waals surface area contributed by atoms with Crippen LogP contribution in [-0.2, 0) is 6.54 Å². The van der Waals surface area contributed by atoms with E-state index in [4.69, 9.17) is 5.26 Å². The summed E-state index contributed by atoms with van der Waals surface area (Å²) in [5, 5.41) is 16.1.